The summed E-state index contributed by atoms with van der Waals surface area (Å²) in [7, 11) is 0. The maximum absolute atomic E-state index is 13.4. The molecule has 19 heavy (non-hydrogen) atoms. The van der Waals surface area contributed by atoms with Crippen LogP contribution in [0.2, 0.25) is 15.1 Å². The molecule has 2 rings (SSSR count). The molecule has 0 aliphatic rings. The molecule has 2 nitrogen and oxygen atoms in total. The van der Waals surface area contributed by atoms with E-state index < -0.39 is 5.82 Å². The molecule has 0 saturated carbocycles. The van der Waals surface area contributed by atoms with Crippen molar-refractivity contribution in [3.8, 4) is 17.2 Å². The van der Waals surface area contributed by atoms with Crippen LogP contribution in [0, 0.1) is 17.1 Å². The second-order valence-electron chi connectivity index (χ2n) is 3.70. The number of hydrogen-bond donors (Lipinski definition) is 0. The fourth-order valence-electron chi connectivity index (χ4n) is 1.67. The summed E-state index contributed by atoms with van der Waals surface area (Å²) in [5.74, 6) is -0.538. The van der Waals surface area contributed by atoms with Gasteiger partial charge in [0.1, 0.15) is 5.82 Å². The first-order valence-electron chi connectivity index (χ1n) is 5.20. The Labute approximate surface area is 124 Å². The molecule has 0 aliphatic heterocycles. The summed E-state index contributed by atoms with van der Waals surface area (Å²) < 4.78 is 13.4. The molecule has 0 aliphatic carbocycles. The highest BCUT2D eigenvalue weighted by atomic mass is 35.5. The Morgan fingerprint density at radius 1 is 1.21 bits per heavy atom. The monoisotopic (exact) mass is 314 g/mol. The smallest absolute Gasteiger partial charge is 0.142 e. The van der Waals surface area contributed by atoms with Gasteiger partial charge in [0.05, 0.1) is 39.4 Å². The highest BCUT2D eigenvalue weighted by molar-refractivity contribution is 6.46. The minimum absolute atomic E-state index is 0.0226. The van der Waals surface area contributed by atoms with Crippen molar-refractivity contribution in [2.24, 2.45) is 0 Å². The molecule has 0 radical (unpaired) electrons. The van der Waals surface area contributed by atoms with Gasteiger partial charge in [0.15, 0.2) is 0 Å². The number of rotatable bonds is 2. The van der Waals surface area contributed by atoms with Crippen LogP contribution in [0.5, 0.6) is 0 Å². The van der Waals surface area contributed by atoms with Crippen LogP contribution in [-0.2, 0) is 6.42 Å². The largest absolute Gasteiger partial charge is 0.257 e. The van der Waals surface area contributed by atoms with Crippen molar-refractivity contribution in [1.29, 1.82) is 5.26 Å². The highest BCUT2D eigenvalue weighted by Gasteiger charge is 2.16. The normalized spacial score (nSPS) is 10.3. The van der Waals surface area contributed by atoms with Crippen LogP contribution < -0.4 is 0 Å². The molecular formula is C13H6Cl3FN2. The van der Waals surface area contributed by atoms with Gasteiger partial charge in [0.25, 0.3) is 0 Å². The zero-order valence-electron chi connectivity index (χ0n) is 9.42. The maximum atomic E-state index is 13.4. The van der Waals surface area contributed by atoms with Gasteiger partial charge < -0.3 is 0 Å². The van der Waals surface area contributed by atoms with Crippen LogP contribution in [0.4, 0.5) is 4.39 Å². The predicted octanol–water partition coefficient (Wildman–Crippen LogP) is 4.91. The fourth-order valence-corrected chi connectivity index (χ4v) is 2.41. The first kappa shape index (κ1) is 14.1. The molecule has 1 aromatic carbocycles. The molecule has 0 bridgehead atoms. The van der Waals surface area contributed by atoms with Crippen LogP contribution >= 0.6 is 34.8 Å². The number of aromatic nitrogens is 1. The van der Waals surface area contributed by atoms with Crippen LogP contribution in [0.3, 0.4) is 0 Å². The van der Waals surface area contributed by atoms with E-state index in [2.05, 4.69) is 4.98 Å². The Hall–Kier alpha value is -1.34. The second-order valence-corrected chi connectivity index (χ2v) is 4.89. The molecule has 0 N–H and O–H groups in total. The lowest BCUT2D eigenvalue weighted by molar-refractivity contribution is 0.620. The summed E-state index contributed by atoms with van der Waals surface area (Å²) in [4.78, 5) is 3.90. The third-order valence-corrected chi connectivity index (χ3v) is 3.62. The van der Waals surface area contributed by atoms with Gasteiger partial charge in [-0.05, 0) is 18.2 Å². The number of pyridine rings is 1. The van der Waals surface area contributed by atoms with Crippen LogP contribution in [-0.4, -0.2) is 4.98 Å². The van der Waals surface area contributed by atoms with Gasteiger partial charge in [-0.25, -0.2) is 4.39 Å². The number of nitriles is 1. The van der Waals surface area contributed by atoms with E-state index in [0.29, 0.717) is 26.9 Å². The SMILES string of the molecule is N#CCc1ncc(F)cc1-c1c(Cl)ccc(Cl)c1Cl. The quantitative estimate of drug-likeness (QED) is 0.738. The Kier molecular flexibility index (Phi) is 4.26. The third kappa shape index (κ3) is 2.82. The van der Waals surface area contributed by atoms with E-state index in [4.69, 9.17) is 40.1 Å². The van der Waals surface area contributed by atoms with Crippen molar-refractivity contribution in [2.75, 3.05) is 0 Å². The van der Waals surface area contributed by atoms with Crippen molar-refractivity contribution in [2.45, 2.75) is 6.42 Å². The molecule has 0 fully saturated rings. The minimum Gasteiger partial charge on any atom is -0.257 e. The van der Waals surface area contributed by atoms with Crippen molar-refractivity contribution in [1.82, 2.24) is 4.98 Å². The molecule has 6 heteroatoms. The lowest BCUT2D eigenvalue weighted by atomic mass is 10.0. The molecule has 0 amide bonds. The summed E-state index contributed by atoms with van der Waals surface area (Å²) in [6.07, 6.45) is 1.07. The van der Waals surface area contributed by atoms with Crippen LogP contribution in [0.15, 0.2) is 24.4 Å². The topological polar surface area (TPSA) is 36.7 Å². The molecule has 0 spiro atoms. The van der Waals surface area contributed by atoms with Gasteiger partial charge in [-0.3, -0.25) is 4.98 Å². The lowest BCUT2D eigenvalue weighted by Crippen LogP contribution is -1.96. The zero-order valence-corrected chi connectivity index (χ0v) is 11.7. The van der Waals surface area contributed by atoms with E-state index in [0.717, 1.165) is 6.20 Å². The van der Waals surface area contributed by atoms with Gasteiger partial charge in [-0.15, -0.1) is 0 Å². The average Bonchev–Trinajstić information content (AvgIpc) is 2.38. The van der Waals surface area contributed by atoms with Crippen molar-refractivity contribution in [3.63, 3.8) is 0 Å². The van der Waals surface area contributed by atoms with E-state index in [-0.39, 0.29) is 11.4 Å². The minimum atomic E-state index is -0.538. The molecule has 1 heterocycles. The molecule has 96 valence electrons. The highest BCUT2D eigenvalue weighted by Crippen LogP contribution is 2.40. The Balaban J connectivity index is 2.75. The summed E-state index contributed by atoms with van der Waals surface area (Å²) in [5.41, 5.74) is 1.15. The average molecular weight is 316 g/mol. The Morgan fingerprint density at radius 2 is 1.89 bits per heavy atom. The van der Waals surface area contributed by atoms with E-state index in [1.54, 1.807) is 12.1 Å². The van der Waals surface area contributed by atoms with E-state index >= 15 is 0 Å². The van der Waals surface area contributed by atoms with Crippen molar-refractivity contribution in [3.05, 3.63) is 51.0 Å². The number of benzene rings is 1. The van der Waals surface area contributed by atoms with E-state index in [1.165, 1.54) is 6.07 Å². The summed E-state index contributed by atoms with van der Waals surface area (Å²) >= 11 is 18.1. The van der Waals surface area contributed by atoms with Gasteiger partial charge in [-0.1, -0.05) is 34.8 Å². The molecule has 0 saturated heterocycles. The van der Waals surface area contributed by atoms with Crippen LogP contribution in [0.1, 0.15) is 5.69 Å². The van der Waals surface area contributed by atoms with E-state index in [1.807, 2.05) is 6.07 Å². The zero-order chi connectivity index (χ0) is 14.0. The molecule has 1 aromatic heterocycles. The summed E-state index contributed by atoms with van der Waals surface area (Å²) in [5, 5.41) is 9.61. The van der Waals surface area contributed by atoms with Gasteiger partial charge in [0.2, 0.25) is 0 Å². The van der Waals surface area contributed by atoms with Crippen molar-refractivity contribution < 1.29 is 4.39 Å². The fraction of sp³-hybridized carbons (Fsp3) is 0.0769. The van der Waals surface area contributed by atoms with Crippen LogP contribution in [0.25, 0.3) is 11.1 Å². The Morgan fingerprint density at radius 3 is 2.58 bits per heavy atom. The first-order valence-corrected chi connectivity index (χ1v) is 6.33. The first-order chi connectivity index (χ1) is 9.04. The van der Waals surface area contributed by atoms with Gasteiger partial charge >= 0.3 is 0 Å². The number of halogens is 4. The molecule has 0 atom stereocenters. The van der Waals surface area contributed by atoms with Crippen molar-refractivity contribution >= 4 is 34.8 Å². The standard InChI is InChI=1S/C13H6Cl3FN2/c14-9-1-2-10(15)13(16)12(9)8-5-7(17)6-19-11(8)3-4-18/h1-2,5-6H,3H2. The number of hydrogen-bond acceptors (Lipinski definition) is 2. The lowest BCUT2D eigenvalue weighted by Gasteiger charge is -2.11. The molecular weight excluding hydrogens is 310 g/mol. The maximum Gasteiger partial charge on any atom is 0.142 e. The molecule has 2 aromatic rings. The van der Waals surface area contributed by atoms with Gasteiger partial charge in [0, 0.05) is 11.1 Å². The van der Waals surface area contributed by atoms with E-state index in [9.17, 15) is 4.39 Å². The number of nitrogens with zero attached hydrogens (tertiary/aromatic N) is 2. The second kappa shape index (κ2) is 5.75. The summed E-state index contributed by atoms with van der Waals surface area (Å²) in [6, 6.07) is 6.31. The summed E-state index contributed by atoms with van der Waals surface area (Å²) in [6.45, 7) is 0. The predicted molar refractivity (Wildman–Crippen MR) is 74.0 cm³/mol. The van der Waals surface area contributed by atoms with Gasteiger partial charge in [-0.2, -0.15) is 5.26 Å². The molecule has 0 unspecified atom stereocenters. The Bertz CT molecular complexity index is 680. The third-order valence-electron chi connectivity index (χ3n) is 2.50.